The van der Waals surface area contributed by atoms with E-state index in [0.29, 0.717) is 33.5 Å². The number of aromatic nitrogens is 3. The monoisotopic (exact) mass is 387 g/mol. The summed E-state index contributed by atoms with van der Waals surface area (Å²) < 4.78 is 4.70. The fourth-order valence-electron chi connectivity index (χ4n) is 3.16. The number of hydrogen-bond donors (Lipinski definition) is 2. The Kier molecular flexibility index (Phi) is 4.56. The van der Waals surface area contributed by atoms with Crippen LogP contribution in [-0.2, 0) is 4.74 Å². The van der Waals surface area contributed by atoms with Crippen LogP contribution in [0.15, 0.2) is 54.6 Å². The van der Waals surface area contributed by atoms with Gasteiger partial charge in [0.25, 0.3) is 0 Å². The fraction of sp³-hybridized carbons (Fsp3) is 0.0909. The van der Waals surface area contributed by atoms with Crippen LogP contribution < -0.4 is 0 Å². The summed E-state index contributed by atoms with van der Waals surface area (Å²) in [6, 6.07) is 15.8. The molecule has 0 bridgehead atoms. The number of pyridine rings is 1. The summed E-state index contributed by atoms with van der Waals surface area (Å²) in [5, 5.41) is 17.4. The fourth-order valence-corrected chi connectivity index (χ4v) is 3.16. The van der Waals surface area contributed by atoms with Gasteiger partial charge in [0.2, 0.25) is 0 Å². The molecule has 4 rings (SSSR count). The molecule has 2 N–H and O–H groups in total. The molecule has 4 aromatic rings. The number of carboxylic acids is 1. The van der Waals surface area contributed by atoms with Crippen molar-refractivity contribution < 1.29 is 19.4 Å². The first-order chi connectivity index (χ1) is 14.0. The molecule has 0 atom stereocenters. The molecule has 2 heterocycles. The van der Waals surface area contributed by atoms with E-state index >= 15 is 0 Å². The Hall–Kier alpha value is -4.00. The number of methoxy groups -OCH3 is 1. The second-order valence-corrected chi connectivity index (χ2v) is 6.59. The number of esters is 1. The number of nitrogens with zero attached hydrogens (tertiary/aromatic N) is 2. The van der Waals surface area contributed by atoms with Gasteiger partial charge in [-0.05, 0) is 25.1 Å². The third-order valence-corrected chi connectivity index (χ3v) is 4.70. The molecular weight excluding hydrogens is 370 g/mol. The van der Waals surface area contributed by atoms with Gasteiger partial charge in [-0.25, -0.2) is 14.6 Å². The molecule has 0 saturated heterocycles. The lowest BCUT2D eigenvalue weighted by Crippen LogP contribution is -2.02. The first kappa shape index (κ1) is 18.4. The lowest BCUT2D eigenvalue weighted by atomic mass is 10.0. The maximum Gasteiger partial charge on any atom is 0.337 e. The van der Waals surface area contributed by atoms with Crippen molar-refractivity contribution in [1.29, 1.82) is 0 Å². The van der Waals surface area contributed by atoms with Gasteiger partial charge in [-0.15, -0.1) is 0 Å². The van der Waals surface area contributed by atoms with Gasteiger partial charge in [0.1, 0.15) is 0 Å². The molecule has 0 spiro atoms. The van der Waals surface area contributed by atoms with Crippen LogP contribution in [0.5, 0.6) is 0 Å². The summed E-state index contributed by atoms with van der Waals surface area (Å²) in [6.07, 6.45) is 0. The Morgan fingerprint density at radius 2 is 1.66 bits per heavy atom. The number of H-pyrrole nitrogens is 1. The maximum atomic E-state index is 12.0. The number of fused-ring (bicyclic) bond motifs is 1. The van der Waals surface area contributed by atoms with Gasteiger partial charge in [-0.1, -0.05) is 42.0 Å². The van der Waals surface area contributed by atoms with Crippen LogP contribution in [0.1, 0.15) is 26.3 Å². The number of rotatable bonds is 4. The average molecular weight is 387 g/mol. The molecule has 0 aliphatic rings. The van der Waals surface area contributed by atoms with Crippen molar-refractivity contribution in [2.45, 2.75) is 6.92 Å². The normalized spacial score (nSPS) is 10.8. The standard InChI is InChI=1S/C22H17N3O4/c1-12-3-5-14(6-4-12)19-18-16(21(26)27)11-17(23-20(18)25-24-19)13-7-9-15(10-8-13)22(28)29-2/h3-11H,1-2H3,(H,26,27)(H,23,24,25). The highest BCUT2D eigenvalue weighted by Gasteiger charge is 2.20. The minimum atomic E-state index is -1.07. The SMILES string of the molecule is COC(=O)c1ccc(-c2cc(C(=O)O)c3c(-c4ccc(C)cc4)[nH]nc3n2)cc1. The quantitative estimate of drug-likeness (QED) is 0.511. The minimum Gasteiger partial charge on any atom is -0.478 e. The van der Waals surface area contributed by atoms with Crippen molar-refractivity contribution in [1.82, 2.24) is 15.2 Å². The van der Waals surface area contributed by atoms with E-state index in [1.807, 2.05) is 31.2 Å². The zero-order chi connectivity index (χ0) is 20.5. The van der Waals surface area contributed by atoms with Gasteiger partial charge in [-0.2, -0.15) is 5.10 Å². The number of hydrogen-bond acceptors (Lipinski definition) is 5. The van der Waals surface area contributed by atoms with Crippen LogP contribution in [0.4, 0.5) is 0 Å². The largest absolute Gasteiger partial charge is 0.478 e. The summed E-state index contributed by atoms with van der Waals surface area (Å²) in [6.45, 7) is 1.98. The Bertz CT molecular complexity index is 1230. The van der Waals surface area contributed by atoms with Gasteiger partial charge in [0.15, 0.2) is 5.65 Å². The topological polar surface area (TPSA) is 105 Å². The summed E-state index contributed by atoms with van der Waals surface area (Å²) in [7, 11) is 1.31. The van der Waals surface area contributed by atoms with Crippen LogP contribution in [0.2, 0.25) is 0 Å². The lowest BCUT2D eigenvalue weighted by Gasteiger charge is -2.07. The molecular formula is C22H17N3O4. The predicted octanol–water partition coefficient (Wildman–Crippen LogP) is 4.09. The predicted molar refractivity (Wildman–Crippen MR) is 108 cm³/mol. The number of ether oxygens (including phenoxy) is 1. The summed E-state index contributed by atoms with van der Waals surface area (Å²) in [5.74, 6) is -1.51. The smallest absolute Gasteiger partial charge is 0.337 e. The van der Waals surface area contributed by atoms with E-state index in [2.05, 4.69) is 15.2 Å². The molecule has 0 unspecified atom stereocenters. The van der Waals surface area contributed by atoms with Crippen LogP contribution in [0.3, 0.4) is 0 Å². The van der Waals surface area contributed by atoms with Crippen LogP contribution >= 0.6 is 0 Å². The van der Waals surface area contributed by atoms with Crippen molar-refractivity contribution in [3.8, 4) is 22.5 Å². The van der Waals surface area contributed by atoms with E-state index < -0.39 is 11.9 Å². The molecule has 0 amide bonds. The Balaban J connectivity index is 1.85. The van der Waals surface area contributed by atoms with Crippen LogP contribution in [0.25, 0.3) is 33.5 Å². The Morgan fingerprint density at radius 1 is 1.00 bits per heavy atom. The number of aromatic carboxylic acids is 1. The Morgan fingerprint density at radius 3 is 2.28 bits per heavy atom. The second kappa shape index (κ2) is 7.20. The molecule has 0 fully saturated rings. The molecule has 0 radical (unpaired) electrons. The number of benzene rings is 2. The van der Waals surface area contributed by atoms with Crippen molar-refractivity contribution in [3.05, 3.63) is 71.3 Å². The number of nitrogens with one attached hydrogen (secondary N) is 1. The highest BCUT2D eigenvalue weighted by Crippen LogP contribution is 2.31. The average Bonchev–Trinajstić information content (AvgIpc) is 3.17. The first-order valence-corrected chi connectivity index (χ1v) is 8.86. The molecule has 0 saturated carbocycles. The molecule has 0 aliphatic carbocycles. The van der Waals surface area contributed by atoms with Gasteiger partial charge in [-0.3, -0.25) is 5.10 Å². The minimum absolute atomic E-state index is 0.103. The third kappa shape index (κ3) is 3.34. The highest BCUT2D eigenvalue weighted by atomic mass is 16.5. The Labute approximate surface area is 166 Å². The van der Waals surface area contributed by atoms with E-state index in [0.717, 1.165) is 11.1 Å². The molecule has 7 heteroatoms. The van der Waals surface area contributed by atoms with Crippen molar-refractivity contribution in [2.24, 2.45) is 0 Å². The number of carboxylic acid groups (broad SMARTS) is 1. The number of carbonyl (C=O) groups excluding carboxylic acids is 1. The molecule has 2 aromatic carbocycles. The zero-order valence-corrected chi connectivity index (χ0v) is 15.8. The van der Waals surface area contributed by atoms with Crippen LogP contribution in [0, 0.1) is 6.92 Å². The third-order valence-electron chi connectivity index (χ3n) is 4.70. The number of aryl methyl sites for hydroxylation is 1. The maximum absolute atomic E-state index is 12.0. The van der Waals surface area contributed by atoms with Gasteiger partial charge < -0.3 is 9.84 Å². The van der Waals surface area contributed by atoms with Gasteiger partial charge in [0.05, 0.1) is 35.0 Å². The van der Waals surface area contributed by atoms with Crippen molar-refractivity contribution >= 4 is 23.0 Å². The number of carbonyl (C=O) groups is 2. The second-order valence-electron chi connectivity index (χ2n) is 6.59. The van der Waals surface area contributed by atoms with E-state index in [4.69, 9.17) is 4.74 Å². The summed E-state index contributed by atoms with van der Waals surface area (Å²) in [4.78, 5) is 28.1. The van der Waals surface area contributed by atoms with Crippen molar-refractivity contribution in [3.63, 3.8) is 0 Å². The zero-order valence-electron chi connectivity index (χ0n) is 15.8. The van der Waals surface area contributed by atoms with E-state index in [1.54, 1.807) is 24.3 Å². The highest BCUT2D eigenvalue weighted by molar-refractivity contribution is 6.08. The van der Waals surface area contributed by atoms with E-state index in [-0.39, 0.29) is 5.56 Å². The van der Waals surface area contributed by atoms with Gasteiger partial charge >= 0.3 is 11.9 Å². The summed E-state index contributed by atoms with van der Waals surface area (Å²) >= 11 is 0. The molecule has 144 valence electrons. The number of aromatic amines is 1. The molecule has 2 aromatic heterocycles. The van der Waals surface area contributed by atoms with E-state index in [9.17, 15) is 14.7 Å². The lowest BCUT2D eigenvalue weighted by molar-refractivity contribution is 0.0600. The van der Waals surface area contributed by atoms with Gasteiger partial charge in [0, 0.05) is 11.1 Å². The molecule has 7 nitrogen and oxygen atoms in total. The van der Waals surface area contributed by atoms with Crippen LogP contribution in [-0.4, -0.2) is 39.3 Å². The summed E-state index contributed by atoms with van der Waals surface area (Å²) in [5.41, 5.74) is 4.48. The van der Waals surface area contributed by atoms with E-state index in [1.165, 1.54) is 13.2 Å². The molecule has 0 aliphatic heterocycles. The van der Waals surface area contributed by atoms with Crippen molar-refractivity contribution in [2.75, 3.05) is 7.11 Å². The molecule has 29 heavy (non-hydrogen) atoms. The first-order valence-electron chi connectivity index (χ1n) is 8.86.